The summed E-state index contributed by atoms with van der Waals surface area (Å²) in [4.78, 5) is 27.5. The zero-order valence-corrected chi connectivity index (χ0v) is 16.8. The third-order valence-corrected chi connectivity index (χ3v) is 5.85. The number of carbonyl (C=O) groups is 1. The molecule has 0 unspecified atom stereocenters. The van der Waals surface area contributed by atoms with E-state index >= 15 is 0 Å². The number of benzene rings is 1. The zero-order chi connectivity index (χ0) is 20.3. The highest BCUT2D eigenvalue weighted by atomic mass is 32.1. The largest absolute Gasteiger partial charge is 0.460 e. The molecule has 1 aromatic carbocycles. The molecule has 152 valence electrons. The molecule has 1 aliphatic rings. The average Bonchev–Trinajstić information content (AvgIpc) is 3.45. The Hall–Kier alpha value is -3.53. The van der Waals surface area contributed by atoms with Crippen LogP contribution in [0.1, 0.15) is 23.3 Å². The van der Waals surface area contributed by atoms with Gasteiger partial charge >= 0.3 is 6.01 Å². The standard InChI is InChI=1S/C20H19N7O2S/c28-18(24-14-2-3-16-13(10-14)11-23-26-16)17-12-30-20(25-17)27-8-4-15(5-9-27)29-19-21-6-1-7-22-19/h1-3,6-7,10-12,15H,4-5,8-9H2,(H,23,26)(H,24,28). The van der Waals surface area contributed by atoms with E-state index in [0.717, 1.165) is 42.0 Å². The molecule has 5 rings (SSSR count). The third kappa shape index (κ3) is 3.94. The number of nitrogens with zero attached hydrogens (tertiary/aromatic N) is 5. The van der Waals surface area contributed by atoms with Crippen LogP contribution in [0.4, 0.5) is 10.8 Å². The fourth-order valence-electron chi connectivity index (χ4n) is 3.39. The molecule has 3 aromatic heterocycles. The maximum absolute atomic E-state index is 12.6. The lowest BCUT2D eigenvalue weighted by atomic mass is 10.1. The van der Waals surface area contributed by atoms with Gasteiger partial charge in [-0.3, -0.25) is 9.89 Å². The lowest BCUT2D eigenvalue weighted by molar-refractivity contribution is 0.102. The van der Waals surface area contributed by atoms with E-state index in [-0.39, 0.29) is 12.0 Å². The molecule has 2 N–H and O–H groups in total. The summed E-state index contributed by atoms with van der Waals surface area (Å²) in [6, 6.07) is 7.79. The van der Waals surface area contributed by atoms with Gasteiger partial charge in [-0.25, -0.2) is 15.0 Å². The van der Waals surface area contributed by atoms with Gasteiger partial charge in [0.1, 0.15) is 11.8 Å². The number of anilines is 2. The highest BCUT2D eigenvalue weighted by Gasteiger charge is 2.24. The number of rotatable bonds is 5. The first-order valence-corrected chi connectivity index (χ1v) is 10.5. The number of thiazole rings is 1. The number of nitrogens with one attached hydrogen (secondary N) is 2. The van der Waals surface area contributed by atoms with E-state index in [9.17, 15) is 4.79 Å². The molecule has 10 heteroatoms. The molecule has 0 aliphatic carbocycles. The van der Waals surface area contributed by atoms with Crippen molar-refractivity contribution >= 4 is 39.0 Å². The van der Waals surface area contributed by atoms with Gasteiger partial charge in [-0.2, -0.15) is 5.10 Å². The minimum Gasteiger partial charge on any atom is -0.460 e. The molecule has 1 amide bonds. The Balaban J connectivity index is 1.18. The van der Waals surface area contributed by atoms with Gasteiger partial charge in [0.2, 0.25) is 0 Å². The molecule has 0 radical (unpaired) electrons. The molecule has 4 aromatic rings. The molecular weight excluding hydrogens is 402 g/mol. The second-order valence-electron chi connectivity index (χ2n) is 6.98. The van der Waals surface area contributed by atoms with Crippen LogP contribution in [0.15, 0.2) is 48.2 Å². The Labute approximate surface area is 176 Å². The summed E-state index contributed by atoms with van der Waals surface area (Å²) in [6.07, 6.45) is 6.86. The monoisotopic (exact) mass is 421 g/mol. The molecule has 0 atom stereocenters. The zero-order valence-electron chi connectivity index (χ0n) is 16.0. The predicted molar refractivity (Wildman–Crippen MR) is 114 cm³/mol. The number of ether oxygens (including phenoxy) is 1. The Bertz CT molecular complexity index is 1150. The maximum Gasteiger partial charge on any atom is 0.316 e. The van der Waals surface area contributed by atoms with Crippen LogP contribution >= 0.6 is 11.3 Å². The smallest absolute Gasteiger partial charge is 0.316 e. The van der Waals surface area contributed by atoms with E-state index < -0.39 is 0 Å². The first-order valence-electron chi connectivity index (χ1n) is 9.63. The second-order valence-corrected chi connectivity index (χ2v) is 7.81. The Kier molecular flexibility index (Phi) is 4.98. The molecule has 30 heavy (non-hydrogen) atoms. The number of H-pyrrole nitrogens is 1. The Morgan fingerprint density at radius 1 is 1.23 bits per heavy atom. The Morgan fingerprint density at radius 3 is 2.90 bits per heavy atom. The van der Waals surface area contributed by atoms with Gasteiger partial charge in [-0.15, -0.1) is 11.3 Å². The average molecular weight is 421 g/mol. The summed E-state index contributed by atoms with van der Waals surface area (Å²) in [5, 5.41) is 13.4. The van der Waals surface area contributed by atoms with Crippen molar-refractivity contribution in [3.63, 3.8) is 0 Å². The summed E-state index contributed by atoms with van der Waals surface area (Å²) >= 11 is 1.48. The summed E-state index contributed by atoms with van der Waals surface area (Å²) in [6.45, 7) is 1.62. The van der Waals surface area contributed by atoms with E-state index in [1.807, 2.05) is 18.2 Å². The quantitative estimate of drug-likeness (QED) is 0.510. The van der Waals surface area contributed by atoms with E-state index in [4.69, 9.17) is 4.74 Å². The fraction of sp³-hybridized carbons (Fsp3) is 0.250. The lowest BCUT2D eigenvalue weighted by Crippen LogP contribution is -2.38. The van der Waals surface area contributed by atoms with Crippen LogP contribution in [0.25, 0.3) is 10.9 Å². The second kappa shape index (κ2) is 8.07. The van der Waals surface area contributed by atoms with Gasteiger partial charge < -0.3 is 15.0 Å². The SMILES string of the molecule is O=C(Nc1ccc2[nH]ncc2c1)c1csc(N2CCC(Oc3ncccn3)CC2)n1. The van der Waals surface area contributed by atoms with Crippen molar-refractivity contribution in [1.29, 1.82) is 0 Å². The molecule has 1 aliphatic heterocycles. The van der Waals surface area contributed by atoms with Gasteiger partial charge in [0.05, 0.1) is 11.7 Å². The Morgan fingerprint density at radius 2 is 2.07 bits per heavy atom. The van der Waals surface area contributed by atoms with E-state index in [1.165, 1.54) is 11.3 Å². The highest BCUT2D eigenvalue weighted by Crippen LogP contribution is 2.26. The van der Waals surface area contributed by atoms with Crippen molar-refractivity contribution in [1.82, 2.24) is 25.1 Å². The minimum absolute atomic E-state index is 0.0872. The van der Waals surface area contributed by atoms with Crippen molar-refractivity contribution in [2.45, 2.75) is 18.9 Å². The van der Waals surface area contributed by atoms with E-state index in [1.54, 1.807) is 30.0 Å². The van der Waals surface area contributed by atoms with Gasteiger partial charge in [0, 0.05) is 54.8 Å². The van der Waals surface area contributed by atoms with Gasteiger partial charge in [0.25, 0.3) is 5.91 Å². The number of hydrogen-bond acceptors (Lipinski definition) is 8. The molecule has 0 spiro atoms. The van der Waals surface area contributed by atoms with Crippen LogP contribution < -0.4 is 15.0 Å². The third-order valence-electron chi connectivity index (χ3n) is 4.95. The normalized spacial score (nSPS) is 14.7. The molecule has 0 bridgehead atoms. The van der Waals surface area contributed by atoms with Gasteiger partial charge in [-0.05, 0) is 24.3 Å². The van der Waals surface area contributed by atoms with Crippen LogP contribution in [-0.4, -0.2) is 50.2 Å². The summed E-state index contributed by atoms with van der Waals surface area (Å²) < 4.78 is 5.84. The number of aromatic nitrogens is 5. The summed E-state index contributed by atoms with van der Waals surface area (Å²) in [5.41, 5.74) is 2.05. The van der Waals surface area contributed by atoms with Crippen molar-refractivity contribution in [2.75, 3.05) is 23.3 Å². The summed E-state index contributed by atoms with van der Waals surface area (Å²) in [7, 11) is 0. The number of fused-ring (bicyclic) bond motifs is 1. The number of carbonyl (C=O) groups excluding carboxylic acids is 1. The number of amides is 1. The maximum atomic E-state index is 12.6. The first kappa shape index (κ1) is 18.5. The minimum atomic E-state index is -0.222. The number of hydrogen-bond donors (Lipinski definition) is 2. The molecular formula is C20H19N7O2S. The van der Waals surface area contributed by atoms with Crippen molar-refractivity contribution < 1.29 is 9.53 Å². The van der Waals surface area contributed by atoms with Gasteiger partial charge in [0.15, 0.2) is 5.13 Å². The van der Waals surface area contributed by atoms with Crippen LogP contribution in [-0.2, 0) is 0 Å². The summed E-state index contributed by atoms with van der Waals surface area (Å²) in [5.74, 6) is -0.222. The lowest BCUT2D eigenvalue weighted by Gasteiger charge is -2.31. The number of aromatic amines is 1. The molecule has 9 nitrogen and oxygen atoms in total. The first-order chi connectivity index (χ1) is 14.7. The van der Waals surface area contributed by atoms with Gasteiger partial charge in [-0.1, -0.05) is 0 Å². The van der Waals surface area contributed by atoms with Crippen LogP contribution in [0.3, 0.4) is 0 Å². The molecule has 1 saturated heterocycles. The van der Waals surface area contributed by atoms with Crippen LogP contribution in [0.5, 0.6) is 6.01 Å². The predicted octanol–water partition coefficient (Wildman–Crippen LogP) is 3.11. The van der Waals surface area contributed by atoms with Crippen molar-refractivity contribution in [2.24, 2.45) is 0 Å². The topological polar surface area (TPSA) is 109 Å². The molecule has 1 fully saturated rings. The van der Waals surface area contributed by atoms with Crippen LogP contribution in [0, 0.1) is 0 Å². The highest BCUT2D eigenvalue weighted by molar-refractivity contribution is 7.14. The number of piperidine rings is 1. The molecule has 4 heterocycles. The van der Waals surface area contributed by atoms with E-state index in [2.05, 4.69) is 35.4 Å². The molecule has 0 saturated carbocycles. The van der Waals surface area contributed by atoms with Crippen molar-refractivity contribution in [3.05, 3.63) is 53.9 Å². The van der Waals surface area contributed by atoms with Crippen LogP contribution in [0.2, 0.25) is 0 Å². The van der Waals surface area contributed by atoms with E-state index in [0.29, 0.717) is 17.4 Å². The van der Waals surface area contributed by atoms with Crippen molar-refractivity contribution in [3.8, 4) is 6.01 Å². The fourth-order valence-corrected chi connectivity index (χ4v) is 4.25.